The first kappa shape index (κ1) is 18.5. The molecule has 0 spiro atoms. The van der Waals surface area contributed by atoms with Gasteiger partial charge < -0.3 is 14.1 Å². The Labute approximate surface area is 154 Å². The number of para-hydroxylation sites is 1. The van der Waals surface area contributed by atoms with Crippen molar-refractivity contribution in [2.75, 3.05) is 13.1 Å². The minimum atomic E-state index is -4.02. The summed E-state index contributed by atoms with van der Waals surface area (Å²) in [6.07, 6.45) is 4.14. The van der Waals surface area contributed by atoms with Gasteiger partial charge in [0.25, 0.3) is 5.91 Å². The topological polar surface area (TPSA) is 79.5 Å². The minimum absolute atomic E-state index is 0.0426. The van der Waals surface area contributed by atoms with Gasteiger partial charge in [-0.3, -0.25) is 4.79 Å². The number of aromatic nitrogens is 1. The smallest absolute Gasteiger partial charge is 0.340 e. The zero-order chi connectivity index (χ0) is 18.7. The number of nitrogens with zero attached hydrogens (tertiary/aromatic N) is 1. The van der Waals surface area contributed by atoms with Crippen LogP contribution in [0.3, 0.4) is 0 Å². The number of carbonyl (C=O) groups is 1. The molecule has 1 N–H and O–H groups in total. The molecule has 1 aliphatic rings. The first-order chi connectivity index (χ1) is 12.4. The van der Waals surface area contributed by atoms with E-state index < -0.39 is 10.1 Å². The van der Waals surface area contributed by atoms with Crippen molar-refractivity contribution in [3.63, 3.8) is 0 Å². The van der Waals surface area contributed by atoms with Crippen molar-refractivity contribution in [3.05, 3.63) is 47.8 Å². The number of hydrogen-bond donors (Lipinski definition) is 1. The summed E-state index contributed by atoms with van der Waals surface area (Å²) in [5, 5.41) is 0. The average Bonchev–Trinajstić information content (AvgIpc) is 3.32. The third-order valence-corrected chi connectivity index (χ3v) is 6.04. The normalized spacial score (nSPS) is 15.8. The average molecular weight is 376 g/mol. The van der Waals surface area contributed by atoms with Crippen LogP contribution in [0.2, 0.25) is 0 Å². The summed E-state index contributed by atoms with van der Waals surface area (Å²) >= 11 is 0. The van der Waals surface area contributed by atoms with Crippen LogP contribution >= 0.6 is 0 Å². The number of aromatic amines is 1. The van der Waals surface area contributed by atoms with E-state index in [0.29, 0.717) is 18.8 Å². The lowest BCUT2D eigenvalue weighted by atomic mass is 9.98. The van der Waals surface area contributed by atoms with Crippen LogP contribution in [0.15, 0.2) is 41.4 Å². The molecule has 0 aliphatic carbocycles. The molecule has 140 valence electrons. The number of hydrogen-bond acceptors (Lipinski definition) is 4. The second kappa shape index (κ2) is 7.53. The Balaban J connectivity index is 1.82. The molecule has 1 unspecified atom stereocenters. The lowest BCUT2D eigenvalue weighted by molar-refractivity contribution is 0.0787. The second-order valence-electron chi connectivity index (χ2n) is 6.63. The zero-order valence-corrected chi connectivity index (χ0v) is 15.9. The third kappa shape index (κ3) is 3.77. The number of H-pyrrole nitrogens is 1. The fourth-order valence-electron chi connectivity index (χ4n) is 3.08. The first-order valence-corrected chi connectivity index (χ1v) is 10.3. The van der Waals surface area contributed by atoms with Crippen molar-refractivity contribution in [2.45, 2.75) is 43.9 Å². The molecule has 0 saturated carbocycles. The van der Waals surface area contributed by atoms with Gasteiger partial charge in [0.2, 0.25) is 0 Å². The molecule has 26 heavy (non-hydrogen) atoms. The molecule has 2 heterocycles. The number of likely N-dealkylation sites (tertiary alicyclic amines) is 1. The van der Waals surface area contributed by atoms with E-state index >= 15 is 0 Å². The van der Waals surface area contributed by atoms with E-state index in [2.05, 4.69) is 4.98 Å². The number of benzene rings is 1. The maximum absolute atomic E-state index is 12.7. The lowest BCUT2D eigenvalue weighted by Gasteiger charge is -2.15. The highest BCUT2D eigenvalue weighted by molar-refractivity contribution is 7.87. The number of rotatable bonds is 6. The molecular formula is C19H24N2O4S. The maximum Gasteiger partial charge on any atom is 0.340 e. The van der Waals surface area contributed by atoms with Gasteiger partial charge in [-0.05, 0) is 42.9 Å². The fraction of sp³-hybridized carbons (Fsp3) is 0.421. The number of nitrogens with one attached hydrogen (secondary N) is 1. The summed E-state index contributed by atoms with van der Waals surface area (Å²) in [6, 6.07) is 8.49. The highest BCUT2D eigenvalue weighted by Crippen LogP contribution is 2.30. The molecule has 1 fully saturated rings. The van der Waals surface area contributed by atoms with Gasteiger partial charge in [-0.2, -0.15) is 8.42 Å². The van der Waals surface area contributed by atoms with Crippen LogP contribution < -0.4 is 4.18 Å². The van der Waals surface area contributed by atoms with Crippen LogP contribution in [0.5, 0.6) is 5.75 Å². The summed E-state index contributed by atoms with van der Waals surface area (Å²) in [5.74, 6) is 0.333. The predicted octanol–water partition coefficient (Wildman–Crippen LogP) is 3.53. The van der Waals surface area contributed by atoms with Gasteiger partial charge >= 0.3 is 10.1 Å². The molecule has 1 saturated heterocycles. The molecular weight excluding hydrogens is 352 g/mol. The Morgan fingerprint density at radius 3 is 2.65 bits per heavy atom. The van der Waals surface area contributed by atoms with Crippen LogP contribution in [0, 0.1) is 0 Å². The molecule has 2 aromatic rings. The van der Waals surface area contributed by atoms with Crippen molar-refractivity contribution >= 4 is 16.0 Å². The first-order valence-electron chi connectivity index (χ1n) is 8.93. The van der Waals surface area contributed by atoms with Crippen molar-refractivity contribution in [2.24, 2.45) is 0 Å². The summed E-state index contributed by atoms with van der Waals surface area (Å²) < 4.78 is 30.7. The number of amides is 1. The van der Waals surface area contributed by atoms with Crippen LogP contribution in [0.4, 0.5) is 0 Å². The standard InChI is InChI=1S/C19H24N2O4S/c1-3-14(2)16-8-4-5-9-18(16)25-26(23,24)15-12-17(20-13-15)19(22)21-10-6-7-11-21/h4-5,8-9,12-14,20H,3,6-7,10-11H2,1-2H3. The predicted molar refractivity (Wildman–Crippen MR) is 98.9 cm³/mol. The van der Waals surface area contributed by atoms with Crippen molar-refractivity contribution in [3.8, 4) is 5.75 Å². The zero-order valence-electron chi connectivity index (χ0n) is 15.1. The van der Waals surface area contributed by atoms with E-state index in [1.807, 2.05) is 26.0 Å². The largest absolute Gasteiger partial charge is 0.379 e. The third-order valence-electron chi connectivity index (χ3n) is 4.83. The highest BCUT2D eigenvalue weighted by Gasteiger charge is 2.25. The van der Waals surface area contributed by atoms with Gasteiger partial charge in [-0.1, -0.05) is 32.0 Å². The fourth-order valence-corrected chi connectivity index (χ4v) is 4.03. The van der Waals surface area contributed by atoms with E-state index in [4.69, 9.17) is 4.18 Å². The molecule has 3 rings (SSSR count). The lowest BCUT2D eigenvalue weighted by Crippen LogP contribution is -2.27. The SMILES string of the molecule is CCC(C)c1ccccc1OS(=O)(=O)c1c[nH]c(C(=O)N2CCCC2)c1. The maximum atomic E-state index is 12.7. The molecule has 0 bridgehead atoms. The molecule has 0 radical (unpaired) electrons. The van der Waals surface area contributed by atoms with Crippen molar-refractivity contribution in [1.82, 2.24) is 9.88 Å². The van der Waals surface area contributed by atoms with E-state index in [1.54, 1.807) is 17.0 Å². The van der Waals surface area contributed by atoms with Gasteiger partial charge in [0.1, 0.15) is 16.3 Å². The van der Waals surface area contributed by atoms with Crippen molar-refractivity contribution in [1.29, 1.82) is 0 Å². The Bertz CT molecular complexity index is 882. The van der Waals surface area contributed by atoms with E-state index in [9.17, 15) is 13.2 Å². The van der Waals surface area contributed by atoms with Crippen molar-refractivity contribution < 1.29 is 17.4 Å². The van der Waals surface area contributed by atoms with Crippen LogP contribution in [-0.4, -0.2) is 37.3 Å². The quantitative estimate of drug-likeness (QED) is 0.782. The summed E-state index contributed by atoms with van der Waals surface area (Å²) in [7, 11) is -4.02. The van der Waals surface area contributed by atoms with Crippen LogP contribution in [0.25, 0.3) is 0 Å². The van der Waals surface area contributed by atoms with Crippen LogP contribution in [0.1, 0.15) is 55.1 Å². The molecule has 1 aliphatic heterocycles. The van der Waals surface area contributed by atoms with Crippen LogP contribution in [-0.2, 0) is 10.1 Å². The van der Waals surface area contributed by atoms with Gasteiger partial charge in [0, 0.05) is 19.3 Å². The van der Waals surface area contributed by atoms with E-state index in [-0.39, 0.29) is 22.4 Å². The summed E-state index contributed by atoms with van der Waals surface area (Å²) in [6.45, 7) is 5.48. The Morgan fingerprint density at radius 2 is 1.96 bits per heavy atom. The Hall–Kier alpha value is -2.28. The number of carbonyl (C=O) groups excluding carboxylic acids is 1. The Morgan fingerprint density at radius 1 is 1.27 bits per heavy atom. The van der Waals surface area contributed by atoms with E-state index in [1.165, 1.54) is 12.3 Å². The summed E-state index contributed by atoms with van der Waals surface area (Å²) in [4.78, 5) is 16.8. The summed E-state index contributed by atoms with van der Waals surface area (Å²) in [5.41, 5.74) is 1.12. The van der Waals surface area contributed by atoms with Gasteiger partial charge in [0.05, 0.1) is 0 Å². The minimum Gasteiger partial charge on any atom is -0.379 e. The highest BCUT2D eigenvalue weighted by atomic mass is 32.2. The molecule has 1 aromatic heterocycles. The molecule has 1 atom stereocenters. The molecule has 7 heteroatoms. The van der Waals surface area contributed by atoms with Gasteiger partial charge in [0.15, 0.2) is 0 Å². The van der Waals surface area contributed by atoms with E-state index in [0.717, 1.165) is 24.8 Å². The molecule has 6 nitrogen and oxygen atoms in total. The molecule has 1 aromatic carbocycles. The Kier molecular flexibility index (Phi) is 5.36. The monoisotopic (exact) mass is 376 g/mol. The molecule has 1 amide bonds. The second-order valence-corrected chi connectivity index (χ2v) is 8.18. The van der Waals surface area contributed by atoms with Gasteiger partial charge in [-0.25, -0.2) is 0 Å². The van der Waals surface area contributed by atoms with Gasteiger partial charge in [-0.15, -0.1) is 0 Å².